The molecule has 3 heteroatoms. The van der Waals surface area contributed by atoms with E-state index in [-0.39, 0.29) is 6.10 Å². The first-order chi connectivity index (χ1) is 8.27. The summed E-state index contributed by atoms with van der Waals surface area (Å²) >= 11 is 1.58. The SMILES string of the molecule is CCCCCCCCC(O)c1cc(OC)cs1. The largest absolute Gasteiger partial charge is 0.496 e. The highest BCUT2D eigenvalue weighted by Gasteiger charge is 2.10. The first-order valence-electron chi connectivity index (χ1n) is 6.58. The van der Waals surface area contributed by atoms with Crippen LogP contribution < -0.4 is 4.74 Å². The van der Waals surface area contributed by atoms with Crippen molar-refractivity contribution in [2.75, 3.05) is 7.11 Å². The average molecular weight is 256 g/mol. The van der Waals surface area contributed by atoms with Gasteiger partial charge in [0.15, 0.2) is 0 Å². The topological polar surface area (TPSA) is 29.5 Å². The smallest absolute Gasteiger partial charge is 0.129 e. The van der Waals surface area contributed by atoms with Gasteiger partial charge in [0.25, 0.3) is 0 Å². The minimum absolute atomic E-state index is 0.310. The number of rotatable bonds is 9. The van der Waals surface area contributed by atoms with Crippen molar-refractivity contribution in [1.29, 1.82) is 0 Å². The van der Waals surface area contributed by atoms with Crippen LogP contribution >= 0.6 is 11.3 Å². The van der Waals surface area contributed by atoms with E-state index in [1.54, 1.807) is 18.4 Å². The minimum Gasteiger partial charge on any atom is -0.496 e. The van der Waals surface area contributed by atoms with Gasteiger partial charge in [-0.25, -0.2) is 0 Å². The highest BCUT2D eigenvalue weighted by molar-refractivity contribution is 7.10. The third-order valence-electron chi connectivity index (χ3n) is 2.99. The maximum atomic E-state index is 9.99. The number of ether oxygens (including phenoxy) is 1. The third kappa shape index (κ3) is 5.55. The normalized spacial score (nSPS) is 12.6. The average Bonchev–Trinajstić information content (AvgIpc) is 2.82. The van der Waals surface area contributed by atoms with E-state index in [0.29, 0.717) is 0 Å². The van der Waals surface area contributed by atoms with Crippen LogP contribution in [0.4, 0.5) is 0 Å². The summed E-state index contributed by atoms with van der Waals surface area (Å²) in [4.78, 5) is 1.02. The van der Waals surface area contributed by atoms with E-state index in [4.69, 9.17) is 4.74 Å². The van der Waals surface area contributed by atoms with E-state index in [0.717, 1.165) is 23.5 Å². The lowest BCUT2D eigenvalue weighted by Gasteiger charge is -2.07. The zero-order chi connectivity index (χ0) is 12.5. The van der Waals surface area contributed by atoms with Crippen molar-refractivity contribution >= 4 is 11.3 Å². The summed E-state index contributed by atoms with van der Waals surface area (Å²) in [7, 11) is 1.66. The summed E-state index contributed by atoms with van der Waals surface area (Å²) in [6.07, 6.45) is 8.17. The Morgan fingerprint density at radius 3 is 2.59 bits per heavy atom. The minimum atomic E-state index is -0.310. The van der Waals surface area contributed by atoms with Crippen LogP contribution in [0.15, 0.2) is 11.4 Å². The van der Waals surface area contributed by atoms with Gasteiger partial charge in [0.05, 0.1) is 13.2 Å². The highest BCUT2D eigenvalue weighted by Crippen LogP contribution is 2.29. The van der Waals surface area contributed by atoms with Crippen molar-refractivity contribution in [2.45, 2.75) is 58.0 Å². The summed E-state index contributed by atoms with van der Waals surface area (Å²) in [5, 5.41) is 11.9. The molecule has 0 aliphatic rings. The van der Waals surface area contributed by atoms with Crippen molar-refractivity contribution in [3.8, 4) is 5.75 Å². The number of methoxy groups -OCH3 is 1. The van der Waals surface area contributed by atoms with E-state index >= 15 is 0 Å². The molecule has 1 rings (SSSR count). The standard InChI is InChI=1S/C14H24O2S/c1-3-4-5-6-7-8-9-13(15)14-10-12(16-2)11-17-14/h10-11,13,15H,3-9H2,1-2H3. The van der Waals surface area contributed by atoms with E-state index in [2.05, 4.69) is 6.92 Å². The molecule has 0 aliphatic heterocycles. The Kier molecular flexibility index (Phi) is 7.29. The van der Waals surface area contributed by atoms with Gasteiger partial charge in [-0.3, -0.25) is 0 Å². The molecule has 0 radical (unpaired) electrons. The zero-order valence-electron chi connectivity index (χ0n) is 10.9. The zero-order valence-corrected chi connectivity index (χ0v) is 11.8. The first-order valence-corrected chi connectivity index (χ1v) is 7.46. The third-order valence-corrected chi connectivity index (χ3v) is 4.00. The molecule has 1 atom stereocenters. The van der Waals surface area contributed by atoms with Crippen LogP contribution in [0.3, 0.4) is 0 Å². The molecule has 1 aromatic rings. The molecule has 98 valence electrons. The van der Waals surface area contributed by atoms with Crippen LogP contribution in [0.5, 0.6) is 5.75 Å². The van der Waals surface area contributed by atoms with Crippen LogP contribution in [-0.2, 0) is 0 Å². The van der Waals surface area contributed by atoms with Crippen molar-refractivity contribution in [2.24, 2.45) is 0 Å². The molecular formula is C14H24O2S. The van der Waals surface area contributed by atoms with Crippen molar-refractivity contribution in [3.05, 3.63) is 16.3 Å². The Morgan fingerprint density at radius 2 is 1.94 bits per heavy atom. The second kappa shape index (κ2) is 8.54. The molecule has 0 fully saturated rings. The molecular weight excluding hydrogens is 232 g/mol. The second-order valence-corrected chi connectivity index (χ2v) is 5.40. The predicted octanol–water partition coefficient (Wildman–Crippen LogP) is 4.54. The van der Waals surface area contributed by atoms with E-state index < -0.39 is 0 Å². The molecule has 1 aromatic heterocycles. The first kappa shape index (κ1) is 14.5. The molecule has 2 nitrogen and oxygen atoms in total. The van der Waals surface area contributed by atoms with Crippen LogP contribution in [0, 0.1) is 0 Å². The molecule has 0 saturated carbocycles. The van der Waals surface area contributed by atoms with Gasteiger partial charge < -0.3 is 9.84 Å². The summed E-state index contributed by atoms with van der Waals surface area (Å²) in [5.74, 6) is 0.854. The van der Waals surface area contributed by atoms with Crippen LogP contribution in [0.25, 0.3) is 0 Å². The van der Waals surface area contributed by atoms with Gasteiger partial charge in [0, 0.05) is 10.3 Å². The molecule has 1 unspecified atom stereocenters. The lowest BCUT2D eigenvalue weighted by molar-refractivity contribution is 0.167. The molecule has 17 heavy (non-hydrogen) atoms. The number of aliphatic hydroxyl groups is 1. The number of aliphatic hydroxyl groups excluding tert-OH is 1. The lowest BCUT2D eigenvalue weighted by Crippen LogP contribution is -1.94. The summed E-state index contributed by atoms with van der Waals surface area (Å²) in [6, 6.07) is 1.94. The van der Waals surface area contributed by atoms with Crippen LogP contribution in [0.1, 0.15) is 62.9 Å². The van der Waals surface area contributed by atoms with E-state index in [9.17, 15) is 5.11 Å². The molecule has 0 amide bonds. The number of hydrogen-bond acceptors (Lipinski definition) is 3. The maximum absolute atomic E-state index is 9.99. The monoisotopic (exact) mass is 256 g/mol. The Labute approximate surface area is 109 Å². The fourth-order valence-corrected chi connectivity index (χ4v) is 2.75. The van der Waals surface area contributed by atoms with Gasteiger partial charge >= 0.3 is 0 Å². The Bertz CT molecular complexity index is 296. The number of thiophene rings is 1. The fourth-order valence-electron chi connectivity index (χ4n) is 1.88. The summed E-state index contributed by atoms with van der Waals surface area (Å²) in [6.45, 7) is 2.23. The van der Waals surface area contributed by atoms with Crippen LogP contribution in [-0.4, -0.2) is 12.2 Å². The molecule has 0 aromatic carbocycles. The molecule has 1 heterocycles. The van der Waals surface area contributed by atoms with Gasteiger partial charge in [-0.15, -0.1) is 11.3 Å². The summed E-state index contributed by atoms with van der Waals surface area (Å²) in [5.41, 5.74) is 0. The lowest BCUT2D eigenvalue weighted by atomic mass is 10.1. The molecule has 0 spiro atoms. The quantitative estimate of drug-likeness (QED) is 0.657. The van der Waals surface area contributed by atoms with E-state index in [1.165, 1.54) is 32.1 Å². The Hall–Kier alpha value is -0.540. The van der Waals surface area contributed by atoms with Gasteiger partial charge in [-0.2, -0.15) is 0 Å². The molecule has 1 N–H and O–H groups in total. The highest BCUT2D eigenvalue weighted by atomic mass is 32.1. The Morgan fingerprint density at radius 1 is 1.24 bits per heavy atom. The maximum Gasteiger partial charge on any atom is 0.129 e. The van der Waals surface area contributed by atoms with Gasteiger partial charge in [-0.05, 0) is 12.5 Å². The predicted molar refractivity (Wildman–Crippen MR) is 73.8 cm³/mol. The van der Waals surface area contributed by atoms with Crippen molar-refractivity contribution in [3.63, 3.8) is 0 Å². The van der Waals surface area contributed by atoms with Gasteiger partial charge in [-0.1, -0.05) is 45.4 Å². The van der Waals surface area contributed by atoms with E-state index in [1.807, 2.05) is 11.4 Å². The fraction of sp³-hybridized carbons (Fsp3) is 0.714. The Balaban J connectivity index is 2.14. The molecule has 0 aliphatic carbocycles. The van der Waals surface area contributed by atoms with Gasteiger partial charge in [0.1, 0.15) is 5.75 Å². The second-order valence-electron chi connectivity index (χ2n) is 4.46. The van der Waals surface area contributed by atoms with Crippen molar-refractivity contribution in [1.82, 2.24) is 0 Å². The molecule has 0 saturated heterocycles. The van der Waals surface area contributed by atoms with Crippen molar-refractivity contribution < 1.29 is 9.84 Å². The van der Waals surface area contributed by atoms with Gasteiger partial charge in [0.2, 0.25) is 0 Å². The van der Waals surface area contributed by atoms with Crippen LogP contribution in [0.2, 0.25) is 0 Å². The number of unbranched alkanes of at least 4 members (excludes halogenated alkanes) is 5. The molecule has 0 bridgehead atoms. The summed E-state index contributed by atoms with van der Waals surface area (Å²) < 4.78 is 5.11. The number of hydrogen-bond donors (Lipinski definition) is 1.